The van der Waals surface area contributed by atoms with E-state index >= 15 is 0 Å². The number of rotatable bonds is 3. The standard InChI is InChI=1S/C14H10Cl2FN3/c15-6-14-19-12-5-11(17)10(16)4-13(12)20(14)8-9-2-1-3-18-7-9/h1-5,7H,6,8H2. The molecule has 0 saturated heterocycles. The quantitative estimate of drug-likeness (QED) is 0.684. The van der Waals surface area contributed by atoms with Gasteiger partial charge in [-0.2, -0.15) is 0 Å². The molecule has 3 rings (SSSR count). The van der Waals surface area contributed by atoms with Crippen LogP contribution in [0.4, 0.5) is 4.39 Å². The molecule has 0 atom stereocenters. The largest absolute Gasteiger partial charge is 0.322 e. The smallest absolute Gasteiger partial charge is 0.144 e. The van der Waals surface area contributed by atoms with Gasteiger partial charge in [-0.15, -0.1) is 11.6 Å². The Kier molecular flexibility index (Phi) is 3.59. The van der Waals surface area contributed by atoms with Gasteiger partial charge in [0.2, 0.25) is 0 Å². The van der Waals surface area contributed by atoms with Crippen molar-refractivity contribution in [3.05, 3.63) is 58.9 Å². The second-order valence-corrected chi connectivity index (χ2v) is 5.04. The van der Waals surface area contributed by atoms with Gasteiger partial charge in [-0.05, 0) is 17.7 Å². The summed E-state index contributed by atoms with van der Waals surface area (Å²) in [5.41, 5.74) is 2.32. The van der Waals surface area contributed by atoms with E-state index in [1.54, 1.807) is 18.5 Å². The first-order valence-corrected chi connectivity index (χ1v) is 6.89. The van der Waals surface area contributed by atoms with E-state index in [0.717, 1.165) is 11.1 Å². The highest BCUT2D eigenvalue weighted by Crippen LogP contribution is 2.25. The van der Waals surface area contributed by atoms with Gasteiger partial charge >= 0.3 is 0 Å². The molecule has 3 aromatic rings. The molecule has 0 aliphatic rings. The molecule has 20 heavy (non-hydrogen) atoms. The minimum absolute atomic E-state index is 0.0750. The highest BCUT2D eigenvalue weighted by Gasteiger charge is 2.13. The van der Waals surface area contributed by atoms with Crippen LogP contribution in [-0.2, 0) is 12.4 Å². The number of fused-ring (bicyclic) bond motifs is 1. The van der Waals surface area contributed by atoms with E-state index in [1.807, 2.05) is 16.7 Å². The molecule has 0 fully saturated rings. The van der Waals surface area contributed by atoms with Crippen molar-refractivity contribution in [2.24, 2.45) is 0 Å². The molecule has 2 aromatic heterocycles. The Morgan fingerprint density at radius 2 is 2.15 bits per heavy atom. The number of hydrogen-bond acceptors (Lipinski definition) is 2. The normalized spacial score (nSPS) is 11.2. The molecule has 1 aromatic carbocycles. The van der Waals surface area contributed by atoms with Crippen molar-refractivity contribution in [3.8, 4) is 0 Å². The molecular formula is C14H10Cl2FN3. The fourth-order valence-corrected chi connectivity index (χ4v) is 2.48. The Bertz CT molecular complexity index is 756. The summed E-state index contributed by atoms with van der Waals surface area (Å²) >= 11 is 11.8. The summed E-state index contributed by atoms with van der Waals surface area (Å²) in [5.74, 6) is 0.437. The lowest BCUT2D eigenvalue weighted by atomic mass is 10.2. The van der Waals surface area contributed by atoms with E-state index in [4.69, 9.17) is 23.2 Å². The Hall–Kier alpha value is -1.65. The van der Waals surface area contributed by atoms with Crippen LogP contribution in [0.15, 0.2) is 36.7 Å². The molecule has 0 radical (unpaired) electrons. The molecule has 3 nitrogen and oxygen atoms in total. The van der Waals surface area contributed by atoms with Crippen LogP contribution in [0.1, 0.15) is 11.4 Å². The average Bonchev–Trinajstić information content (AvgIpc) is 2.78. The zero-order valence-corrected chi connectivity index (χ0v) is 11.9. The zero-order valence-electron chi connectivity index (χ0n) is 10.4. The minimum Gasteiger partial charge on any atom is -0.322 e. The summed E-state index contributed by atoms with van der Waals surface area (Å²) in [5, 5.41) is 0.0750. The summed E-state index contributed by atoms with van der Waals surface area (Å²) in [6.45, 7) is 0.564. The van der Waals surface area contributed by atoms with E-state index in [1.165, 1.54) is 6.07 Å². The number of aromatic nitrogens is 3. The molecule has 0 bridgehead atoms. The highest BCUT2D eigenvalue weighted by atomic mass is 35.5. The Labute approximate surface area is 125 Å². The Morgan fingerprint density at radius 3 is 2.85 bits per heavy atom. The van der Waals surface area contributed by atoms with E-state index in [0.29, 0.717) is 17.9 Å². The third kappa shape index (κ3) is 2.37. The number of pyridine rings is 1. The number of benzene rings is 1. The van der Waals surface area contributed by atoms with Gasteiger partial charge in [-0.25, -0.2) is 9.37 Å². The molecule has 0 aliphatic carbocycles. The topological polar surface area (TPSA) is 30.7 Å². The number of imidazole rings is 1. The van der Waals surface area contributed by atoms with Crippen molar-refractivity contribution in [2.75, 3.05) is 0 Å². The molecule has 0 aliphatic heterocycles. The molecule has 0 saturated carbocycles. The van der Waals surface area contributed by atoms with Crippen molar-refractivity contribution < 1.29 is 4.39 Å². The maximum absolute atomic E-state index is 13.5. The molecule has 0 amide bonds. The van der Waals surface area contributed by atoms with Crippen LogP contribution in [0.3, 0.4) is 0 Å². The van der Waals surface area contributed by atoms with Crippen LogP contribution in [0.2, 0.25) is 5.02 Å². The van der Waals surface area contributed by atoms with Gasteiger partial charge in [0.15, 0.2) is 0 Å². The summed E-state index contributed by atoms with van der Waals surface area (Å²) in [6.07, 6.45) is 3.49. The van der Waals surface area contributed by atoms with Crippen molar-refractivity contribution >= 4 is 34.2 Å². The predicted molar refractivity (Wildman–Crippen MR) is 77.6 cm³/mol. The third-order valence-electron chi connectivity index (χ3n) is 3.05. The molecule has 102 valence electrons. The number of alkyl halides is 1. The minimum atomic E-state index is -0.480. The third-order valence-corrected chi connectivity index (χ3v) is 3.58. The first kappa shape index (κ1) is 13.3. The van der Waals surface area contributed by atoms with E-state index < -0.39 is 5.82 Å². The van der Waals surface area contributed by atoms with Gasteiger partial charge in [0.1, 0.15) is 11.6 Å². The van der Waals surface area contributed by atoms with Crippen LogP contribution < -0.4 is 0 Å². The van der Waals surface area contributed by atoms with Gasteiger partial charge < -0.3 is 4.57 Å². The van der Waals surface area contributed by atoms with Crippen molar-refractivity contribution in [1.29, 1.82) is 0 Å². The van der Waals surface area contributed by atoms with Gasteiger partial charge in [-0.3, -0.25) is 4.98 Å². The molecule has 6 heteroatoms. The van der Waals surface area contributed by atoms with Crippen LogP contribution >= 0.6 is 23.2 Å². The highest BCUT2D eigenvalue weighted by molar-refractivity contribution is 6.31. The lowest BCUT2D eigenvalue weighted by Gasteiger charge is -2.07. The van der Waals surface area contributed by atoms with Gasteiger partial charge in [0.25, 0.3) is 0 Å². The summed E-state index contributed by atoms with van der Waals surface area (Å²) in [4.78, 5) is 8.42. The average molecular weight is 310 g/mol. The second kappa shape index (κ2) is 5.38. The first-order chi connectivity index (χ1) is 9.69. The Balaban J connectivity index is 2.15. The van der Waals surface area contributed by atoms with Crippen LogP contribution in [0, 0.1) is 5.82 Å². The fourth-order valence-electron chi connectivity index (χ4n) is 2.12. The predicted octanol–water partition coefficient (Wildman–Crippen LogP) is 4.01. The molecule has 2 heterocycles. The van der Waals surface area contributed by atoms with Crippen LogP contribution in [-0.4, -0.2) is 14.5 Å². The maximum atomic E-state index is 13.5. The lowest BCUT2D eigenvalue weighted by molar-refractivity contribution is 0.629. The zero-order chi connectivity index (χ0) is 14.1. The molecule has 0 unspecified atom stereocenters. The van der Waals surface area contributed by atoms with Gasteiger partial charge in [-0.1, -0.05) is 17.7 Å². The summed E-state index contributed by atoms with van der Waals surface area (Å²) in [6, 6.07) is 6.72. The SMILES string of the molecule is Fc1cc2nc(CCl)n(Cc3cccnc3)c2cc1Cl. The molecule has 0 spiro atoms. The van der Waals surface area contributed by atoms with Crippen molar-refractivity contribution in [1.82, 2.24) is 14.5 Å². The van der Waals surface area contributed by atoms with E-state index in [-0.39, 0.29) is 10.9 Å². The molecule has 0 N–H and O–H groups in total. The van der Waals surface area contributed by atoms with Gasteiger partial charge in [0, 0.05) is 18.5 Å². The number of halogens is 3. The molecular weight excluding hydrogens is 300 g/mol. The lowest BCUT2D eigenvalue weighted by Crippen LogP contribution is -2.04. The fraction of sp³-hybridized carbons (Fsp3) is 0.143. The maximum Gasteiger partial charge on any atom is 0.144 e. The van der Waals surface area contributed by atoms with Crippen LogP contribution in [0.25, 0.3) is 11.0 Å². The number of hydrogen-bond donors (Lipinski definition) is 0. The first-order valence-electron chi connectivity index (χ1n) is 5.98. The second-order valence-electron chi connectivity index (χ2n) is 4.36. The summed E-state index contributed by atoms with van der Waals surface area (Å²) < 4.78 is 15.4. The number of nitrogens with zero attached hydrogens (tertiary/aromatic N) is 3. The van der Waals surface area contributed by atoms with E-state index in [9.17, 15) is 4.39 Å². The Morgan fingerprint density at radius 1 is 1.30 bits per heavy atom. The van der Waals surface area contributed by atoms with Crippen molar-refractivity contribution in [3.63, 3.8) is 0 Å². The summed E-state index contributed by atoms with van der Waals surface area (Å²) in [7, 11) is 0. The van der Waals surface area contributed by atoms with E-state index in [2.05, 4.69) is 9.97 Å². The monoisotopic (exact) mass is 309 g/mol. The van der Waals surface area contributed by atoms with Gasteiger partial charge in [0.05, 0.1) is 28.5 Å². The van der Waals surface area contributed by atoms with Crippen molar-refractivity contribution in [2.45, 2.75) is 12.4 Å². The van der Waals surface area contributed by atoms with Crippen LogP contribution in [0.5, 0.6) is 0 Å².